The highest BCUT2D eigenvalue weighted by molar-refractivity contribution is 5.28. The maximum atomic E-state index is 11.7. The van der Waals surface area contributed by atoms with Crippen molar-refractivity contribution in [3.05, 3.63) is 65.7 Å². The average Bonchev–Trinajstić information content (AvgIpc) is 2.76. The summed E-state index contributed by atoms with van der Waals surface area (Å²) in [5.41, 5.74) is 1.65. The van der Waals surface area contributed by atoms with E-state index in [1.807, 2.05) is 30.3 Å². The Bertz CT molecular complexity index is 748. The van der Waals surface area contributed by atoms with Gasteiger partial charge in [0.25, 0.3) is 0 Å². The van der Waals surface area contributed by atoms with Crippen LogP contribution in [0.4, 0.5) is 0 Å². The van der Waals surface area contributed by atoms with Crippen LogP contribution in [0.1, 0.15) is 43.2 Å². The second kappa shape index (κ2) is 8.64. The molecule has 1 saturated carbocycles. The van der Waals surface area contributed by atoms with E-state index < -0.39 is 5.60 Å². The van der Waals surface area contributed by atoms with Crippen molar-refractivity contribution < 1.29 is 14.9 Å². The first-order valence-electron chi connectivity index (χ1n) is 10.6. The van der Waals surface area contributed by atoms with Crippen molar-refractivity contribution in [2.24, 2.45) is 5.92 Å². The molecule has 2 N–H and O–H groups in total. The molecule has 0 spiro atoms. The van der Waals surface area contributed by atoms with Crippen molar-refractivity contribution in [3.63, 3.8) is 0 Å². The van der Waals surface area contributed by atoms with E-state index in [4.69, 9.17) is 9.84 Å². The molecule has 2 fully saturated rings. The van der Waals surface area contributed by atoms with Crippen molar-refractivity contribution >= 4 is 0 Å². The molecule has 4 heteroatoms. The lowest BCUT2D eigenvalue weighted by atomic mass is 9.66. The number of benzene rings is 2. The van der Waals surface area contributed by atoms with Crippen LogP contribution in [-0.4, -0.2) is 40.9 Å². The van der Waals surface area contributed by atoms with Crippen molar-refractivity contribution in [2.75, 3.05) is 19.8 Å². The summed E-state index contributed by atoms with van der Waals surface area (Å²) in [6.45, 7) is 2.18. The Morgan fingerprint density at radius 1 is 1.00 bits per heavy atom. The van der Waals surface area contributed by atoms with Crippen molar-refractivity contribution in [1.82, 2.24) is 4.90 Å². The van der Waals surface area contributed by atoms with E-state index in [0.29, 0.717) is 18.6 Å². The van der Waals surface area contributed by atoms with Crippen LogP contribution in [0.5, 0.6) is 5.75 Å². The number of piperidine rings is 1. The van der Waals surface area contributed by atoms with Gasteiger partial charge in [-0.15, -0.1) is 0 Å². The Morgan fingerprint density at radius 2 is 1.75 bits per heavy atom. The quantitative estimate of drug-likeness (QED) is 0.801. The topological polar surface area (TPSA) is 52.9 Å². The Hall–Kier alpha value is -1.88. The van der Waals surface area contributed by atoms with Crippen LogP contribution in [0.15, 0.2) is 54.6 Å². The van der Waals surface area contributed by atoms with Gasteiger partial charge in [-0.3, -0.25) is 4.90 Å². The lowest BCUT2D eigenvalue weighted by Crippen LogP contribution is -2.57. The summed E-state index contributed by atoms with van der Waals surface area (Å²) >= 11 is 0. The minimum atomic E-state index is -0.704. The Balaban J connectivity index is 1.49. The Labute approximate surface area is 167 Å². The number of hydrogen-bond acceptors (Lipinski definition) is 4. The number of ether oxygens (including phenoxy) is 1. The molecule has 28 heavy (non-hydrogen) atoms. The summed E-state index contributed by atoms with van der Waals surface area (Å²) in [7, 11) is 0. The lowest BCUT2D eigenvalue weighted by molar-refractivity contribution is -0.123. The standard InChI is InChI=1S/C24H31NO3/c26-16-17-28-21-12-10-19(11-13-21)18-25-15-14-24(27,20-6-2-1-3-7-20)22-8-4-5-9-23(22)25/h1-3,6-7,10-13,22-23,26-27H,4-5,8-9,14-18H2/t22-,23-,24+/m1/s1. The van der Waals surface area contributed by atoms with Crippen molar-refractivity contribution in [2.45, 2.75) is 50.3 Å². The number of aliphatic hydroxyl groups is 2. The minimum absolute atomic E-state index is 0.0307. The second-order valence-electron chi connectivity index (χ2n) is 8.19. The second-order valence-corrected chi connectivity index (χ2v) is 8.19. The highest BCUT2D eigenvalue weighted by Crippen LogP contribution is 2.47. The highest BCUT2D eigenvalue weighted by Gasteiger charge is 2.48. The van der Waals surface area contributed by atoms with Crippen LogP contribution in [0.3, 0.4) is 0 Å². The molecular weight excluding hydrogens is 350 g/mol. The predicted molar refractivity (Wildman–Crippen MR) is 110 cm³/mol. The van der Waals surface area contributed by atoms with Gasteiger partial charge < -0.3 is 14.9 Å². The molecule has 0 amide bonds. The predicted octanol–water partition coefficient (Wildman–Crippen LogP) is 3.71. The normalized spacial score (nSPS) is 27.9. The number of rotatable bonds is 6. The molecule has 2 aromatic rings. The van der Waals surface area contributed by atoms with Crippen LogP contribution in [0.2, 0.25) is 0 Å². The third-order valence-electron chi connectivity index (χ3n) is 6.53. The fourth-order valence-corrected chi connectivity index (χ4v) is 5.14. The van der Waals surface area contributed by atoms with E-state index in [1.54, 1.807) is 0 Å². The van der Waals surface area contributed by atoms with Gasteiger partial charge in [-0.25, -0.2) is 0 Å². The van der Waals surface area contributed by atoms with Gasteiger partial charge in [0.1, 0.15) is 12.4 Å². The first-order chi connectivity index (χ1) is 13.7. The molecule has 2 aromatic carbocycles. The number of fused-ring (bicyclic) bond motifs is 1. The van der Waals surface area contributed by atoms with Gasteiger partial charge in [0, 0.05) is 25.0 Å². The van der Waals surface area contributed by atoms with Gasteiger partial charge >= 0.3 is 0 Å². The molecule has 1 saturated heterocycles. The SMILES string of the molecule is OCCOc1ccc(CN2CC[C@](O)(c3ccccc3)[C@@H]3CCCC[C@H]32)cc1. The summed E-state index contributed by atoms with van der Waals surface area (Å²) in [4.78, 5) is 2.57. The van der Waals surface area contributed by atoms with E-state index >= 15 is 0 Å². The van der Waals surface area contributed by atoms with Gasteiger partial charge in [-0.05, 0) is 42.5 Å². The molecule has 1 aliphatic heterocycles. The van der Waals surface area contributed by atoms with Crippen molar-refractivity contribution in [3.8, 4) is 5.75 Å². The van der Waals surface area contributed by atoms with E-state index in [1.165, 1.54) is 18.4 Å². The van der Waals surface area contributed by atoms with Crippen LogP contribution in [0, 0.1) is 5.92 Å². The molecule has 150 valence electrons. The van der Waals surface area contributed by atoms with E-state index in [-0.39, 0.29) is 6.61 Å². The summed E-state index contributed by atoms with van der Waals surface area (Å²) in [5, 5.41) is 20.6. The maximum absolute atomic E-state index is 11.7. The number of hydrogen-bond donors (Lipinski definition) is 2. The summed E-state index contributed by atoms with van der Waals surface area (Å²) < 4.78 is 5.47. The lowest BCUT2D eigenvalue weighted by Gasteiger charge is -2.52. The molecule has 3 atom stereocenters. The molecule has 0 unspecified atom stereocenters. The smallest absolute Gasteiger partial charge is 0.119 e. The van der Waals surface area contributed by atoms with Crippen LogP contribution < -0.4 is 4.74 Å². The average molecular weight is 382 g/mol. The molecule has 0 bridgehead atoms. The molecule has 2 aliphatic rings. The summed E-state index contributed by atoms with van der Waals surface area (Å²) in [5.74, 6) is 1.09. The van der Waals surface area contributed by atoms with Gasteiger partial charge in [-0.2, -0.15) is 0 Å². The molecule has 1 heterocycles. The number of likely N-dealkylation sites (tertiary alicyclic amines) is 1. The zero-order chi connectivity index (χ0) is 19.4. The summed E-state index contributed by atoms with van der Waals surface area (Å²) in [6.07, 6.45) is 5.51. The summed E-state index contributed by atoms with van der Waals surface area (Å²) in [6, 6.07) is 18.9. The zero-order valence-corrected chi connectivity index (χ0v) is 16.5. The van der Waals surface area contributed by atoms with Crippen LogP contribution >= 0.6 is 0 Å². The molecule has 4 nitrogen and oxygen atoms in total. The molecule has 4 rings (SSSR count). The molecule has 1 aliphatic carbocycles. The highest BCUT2D eigenvalue weighted by atomic mass is 16.5. The maximum Gasteiger partial charge on any atom is 0.119 e. The van der Waals surface area contributed by atoms with E-state index in [2.05, 4.69) is 29.2 Å². The first-order valence-corrected chi connectivity index (χ1v) is 10.6. The molecule has 0 radical (unpaired) electrons. The molecular formula is C24H31NO3. The number of aliphatic hydroxyl groups excluding tert-OH is 1. The van der Waals surface area contributed by atoms with Crippen LogP contribution in [0.25, 0.3) is 0 Å². The van der Waals surface area contributed by atoms with Gasteiger partial charge in [0.2, 0.25) is 0 Å². The third kappa shape index (κ3) is 3.95. The van der Waals surface area contributed by atoms with E-state index in [0.717, 1.165) is 43.7 Å². The van der Waals surface area contributed by atoms with Crippen molar-refractivity contribution in [1.29, 1.82) is 0 Å². The molecule has 0 aromatic heterocycles. The van der Waals surface area contributed by atoms with Gasteiger partial charge in [-0.1, -0.05) is 55.3 Å². The monoisotopic (exact) mass is 381 g/mol. The Kier molecular flexibility index (Phi) is 6.00. The zero-order valence-electron chi connectivity index (χ0n) is 16.5. The largest absolute Gasteiger partial charge is 0.491 e. The fourth-order valence-electron chi connectivity index (χ4n) is 5.14. The Morgan fingerprint density at radius 3 is 2.50 bits per heavy atom. The van der Waals surface area contributed by atoms with Gasteiger partial charge in [0.15, 0.2) is 0 Å². The minimum Gasteiger partial charge on any atom is -0.491 e. The fraction of sp³-hybridized carbons (Fsp3) is 0.500. The van der Waals surface area contributed by atoms with E-state index in [9.17, 15) is 5.11 Å². The first kappa shape index (κ1) is 19.4. The third-order valence-corrected chi connectivity index (χ3v) is 6.53. The van der Waals surface area contributed by atoms with Crippen LogP contribution in [-0.2, 0) is 12.1 Å². The number of nitrogens with zero attached hydrogens (tertiary/aromatic N) is 1. The van der Waals surface area contributed by atoms with Gasteiger partial charge in [0.05, 0.1) is 12.2 Å².